The third kappa shape index (κ3) is 2.90. The Bertz CT molecular complexity index is 442. The Kier molecular flexibility index (Phi) is 3.58. The molecule has 0 heterocycles. The molecule has 1 fully saturated rings. The fraction of sp³-hybridized carbons (Fsp3) is 0.364. The van der Waals surface area contributed by atoms with Gasteiger partial charge in [-0.15, -0.1) is 0 Å². The van der Waals surface area contributed by atoms with Gasteiger partial charge in [0, 0.05) is 4.47 Å². The van der Waals surface area contributed by atoms with Gasteiger partial charge in [0.05, 0.1) is 10.7 Å². The van der Waals surface area contributed by atoms with E-state index in [2.05, 4.69) is 21.2 Å². The normalized spacial score (nSPS) is 16.6. The Balaban J connectivity index is 2.25. The zero-order valence-corrected chi connectivity index (χ0v) is 11.1. The molecular weight excluding hydrogens is 312 g/mol. The van der Waals surface area contributed by atoms with E-state index in [4.69, 9.17) is 16.7 Å². The summed E-state index contributed by atoms with van der Waals surface area (Å²) in [6.45, 7) is 0. The molecule has 1 aliphatic rings. The number of carboxylic acids is 1. The van der Waals surface area contributed by atoms with E-state index in [1.807, 2.05) is 0 Å². The number of halogens is 3. The van der Waals surface area contributed by atoms with Crippen LogP contribution in [0.3, 0.4) is 0 Å². The van der Waals surface area contributed by atoms with Crippen molar-refractivity contribution in [2.24, 2.45) is 5.92 Å². The molecule has 92 valence electrons. The maximum Gasteiger partial charge on any atom is 0.326 e. The molecule has 0 spiro atoms. The SMILES string of the molecule is O=C(O)C(Nc1c(Cl)cc(F)cc1Br)C1CC1. The molecule has 0 aliphatic heterocycles. The first-order valence-corrected chi connectivity index (χ1v) is 6.30. The van der Waals surface area contributed by atoms with Crippen molar-refractivity contribution < 1.29 is 14.3 Å². The maximum atomic E-state index is 13.0. The Labute approximate surface area is 111 Å². The first-order chi connectivity index (χ1) is 7.99. The van der Waals surface area contributed by atoms with Crippen molar-refractivity contribution in [3.8, 4) is 0 Å². The van der Waals surface area contributed by atoms with E-state index < -0.39 is 17.8 Å². The second-order valence-electron chi connectivity index (χ2n) is 4.04. The van der Waals surface area contributed by atoms with Crippen LogP contribution in [0.2, 0.25) is 5.02 Å². The molecule has 1 atom stereocenters. The van der Waals surface area contributed by atoms with Crippen LogP contribution in [0.25, 0.3) is 0 Å². The van der Waals surface area contributed by atoms with Crippen molar-refractivity contribution in [1.29, 1.82) is 0 Å². The van der Waals surface area contributed by atoms with E-state index in [1.54, 1.807) is 0 Å². The fourth-order valence-electron chi connectivity index (χ4n) is 1.65. The third-order valence-electron chi connectivity index (χ3n) is 2.67. The zero-order chi connectivity index (χ0) is 12.6. The molecule has 0 bridgehead atoms. The molecular formula is C11H10BrClFNO2. The second-order valence-corrected chi connectivity index (χ2v) is 5.30. The van der Waals surface area contributed by atoms with E-state index >= 15 is 0 Å². The number of benzene rings is 1. The van der Waals surface area contributed by atoms with Gasteiger partial charge in [-0.1, -0.05) is 11.6 Å². The largest absolute Gasteiger partial charge is 0.480 e. The lowest BCUT2D eigenvalue weighted by atomic mass is 10.1. The van der Waals surface area contributed by atoms with Crippen LogP contribution in [0, 0.1) is 11.7 Å². The van der Waals surface area contributed by atoms with Crippen molar-refractivity contribution in [3.05, 3.63) is 27.4 Å². The lowest BCUT2D eigenvalue weighted by Gasteiger charge is -2.17. The van der Waals surface area contributed by atoms with Gasteiger partial charge in [-0.05, 0) is 46.8 Å². The molecule has 2 rings (SSSR count). The molecule has 1 aromatic carbocycles. The number of hydrogen-bond acceptors (Lipinski definition) is 2. The highest BCUT2D eigenvalue weighted by Gasteiger charge is 2.36. The van der Waals surface area contributed by atoms with E-state index in [1.165, 1.54) is 6.07 Å². The molecule has 6 heteroatoms. The summed E-state index contributed by atoms with van der Waals surface area (Å²) in [6, 6.07) is 1.73. The topological polar surface area (TPSA) is 49.3 Å². The monoisotopic (exact) mass is 321 g/mol. The number of carboxylic acid groups (broad SMARTS) is 1. The van der Waals surface area contributed by atoms with Crippen LogP contribution in [-0.4, -0.2) is 17.1 Å². The van der Waals surface area contributed by atoms with Gasteiger partial charge in [0.2, 0.25) is 0 Å². The van der Waals surface area contributed by atoms with E-state index in [0.717, 1.165) is 18.9 Å². The minimum Gasteiger partial charge on any atom is -0.480 e. The van der Waals surface area contributed by atoms with Crippen molar-refractivity contribution >= 4 is 39.2 Å². The van der Waals surface area contributed by atoms with E-state index in [-0.39, 0.29) is 10.9 Å². The summed E-state index contributed by atoms with van der Waals surface area (Å²) in [6.07, 6.45) is 1.78. The van der Waals surface area contributed by atoms with Gasteiger partial charge in [0.15, 0.2) is 0 Å². The molecule has 0 amide bonds. The van der Waals surface area contributed by atoms with Crippen molar-refractivity contribution in [1.82, 2.24) is 0 Å². The molecule has 17 heavy (non-hydrogen) atoms. The van der Waals surface area contributed by atoms with Gasteiger partial charge in [-0.3, -0.25) is 0 Å². The quantitative estimate of drug-likeness (QED) is 0.892. The lowest BCUT2D eigenvalue weighted by molar-refractivity contribution is -0.138. The summed E-state index contributed by atoms with van der Waals surface area (Å²) in [4.78, 5) is 11.1. The number of rotatable bonds is 4. The highest BCUT2D eigenvalue weighted by molar-refractivity contribution is 9.10. The first kappa shape index (κ1) is 12.6. The summed E-state index contributed by atoms with van der Waals surface area (Å²) < 4.78 is 13.4. The van der Waals surface area contributed by atoms with Gasteiger partial charge < -0.3 is 10.4 Å². The predicted molar refractivity (Wildman–Crippen MR) is 66.9 cm³/mol. The molecule has 0 aromatic heterocycles. The summed E-state index contributed by atoms with van der Waals surface area (Å²) in [7, 11) is 0. The molecule has 1 unspecified atom stereocenters. The Morgan fingerprint density at radius 3 is 2.71 bits per heavy atom. The molecule has 0 saturated heterocycles. The number of hydrogen-bond donors (Lipinski definition) is 2. The van der Waals surface area contributed by atoms with Crippen LogP contribution in [0.4, 0.5) is 10.1 Å². The summed E-state index contributed by atoms with van der Waals surface area (Å²) in [5.74, 6) is -1.26. The number of aliphatic carboxylic acids is 1. The summed E-state index contributed by atoms with van der Waals surface area (Å²) in [5, 5.41) is 12.1. The first-order valence-electron chi connectivity index (χ1n) is 5.13. The van der Waals surface area contributed by atoms with Gasteiger partial charge >= 0.3 is 5.97 Å². The standard InChI is InChI=1S/C11H10BrClFNO2/c12-7-3-6(14)4-8(13)10(7)15-9(11(16)17)5-1-2-5/h3-5,9,15H,1-2H2,(H,16,17). The third-order valence-corrected chi connectivity index (χ3v) is 3.59. The van der Waals surface area contributed by atoms with Crippen LogP contribution < -0.4 is 5.32 Å². The predicted octanol–water partition coefficient (Wildman–Crippen LogP) is 3.52. The highest BCUT2D eigenvalue weighted by Crippen LogP contribution is 2.38. The Morgan fingerprint density at radius 2 is 2.24 bits per heavy atom. The van der Waals surface area contributed by atoms with Gasteiger partial charge in [0.25, 0.3) is 0 Å². The van der Waals surface area contributed by atoms with E-state index in [9.17, 15) is 9.18 Å². The summed E-state index contributed by atoms with van der Waals surface area (Å²) in [5.41, 5.74) is 0.423. The average molecular weight is 323 g/mol. The van der Waals surface area contributed by atoms with Crippen LogP contribution in [0.15, 0.2) is 16.6 Å². The number of nitrogens with one attached hydrogen (secondary N) is 1. The van der Waals surface area contributed by atoms with Crippen LogP contribution in [0.1, 0.15) is 12.8 Å². The van der Waals surface area contributed by atoms with Gasteiger partial charge in [-0.25, -0.2) is 9.18 Å². The second kappa shape index (κ2) is 4.82. The minimum atomic E-state index is -0.917. The fourth-order valence-corrected chi connectivity index (χ4v) is 2.57. The van der Waals surface area contributed by atoms with E-state index in [0.29, 0.717) is 10.2 Å². The van der Waals surface area contributed by atoms with Gasteiger partial charge in [0.1, 0.15) is 11.9 Å². The van der Waals surface area contributed by atoms with Crippen LogP contribution in [-0.2, 0) is 4.79 Å². The van der Waals surface area contributed by atoms with Crippen molar-refractivity contribution in [3.63, 3.8) is 0 Å². The maximum absolute atomic E-state index is 13.0. The molecule has 1 aliphatic carbocycles. The zero-order valence-electron chi connectivity index (χ0n) is 8.71. The molecule has 3 nitrogen and oxygen atoms in total. The van der Waals surface area contributed by atoms with Gasteiger partial charge in [-0.2, -0.15) is 0 Å². The Morgan fingerprint density at radius 1 is 1.59 bits per heavy atom. The Hall–Kier alpha value is -0.810. The summed E-state index contributed by atoms with van der Waals surface area (Å²) >= 11 is 9.05. The lowest BCUT2D eigenvalue weighted by Crippen LogP contribution is -2.31. The minimum absolute atomic E-state index is 0.125. The average Bonchev–Trinajstić information content (AvgIpc) is 2.99. The molecule has 1 saturated carbocycles. The smallest absolute Gasteiger partial charge is 0.326 e. The molecule has 2 N–H and O–H groups in total. The molecule has 0 radical (unpaired) electrons. The van der Waals surface area contributed by atoms with Crippen molar-refractivity contribution in [2.45, 2.75) is 18.9 Å². The molecule has 1 aromatic rings. The van der Waals surface area contributed by atoms with Crippen LogP contribution in [0.5, 0.6) is 0 Å². The highest BCUT2D eigenvalue weighted by atomic mass is 79.9. The van der Waals surface area contributed by atoms with Crippen LogP contribution >= 0.6 is 27.5 Å². The number of anilines is 1. The number of carbonyl (C=O) groups is 1. The van der Waals surface area contributed by atoms with Crippen molar-refractivity contribution in [2.75, 3.05) is 5.32 Å².